The third kappa shape index (κ3) is 4.91. The summed E-state index contributed by atoms with van der Waals surface area (Å²) < 4.78 is 0.891. The van der Waals surface area contributed by atoms with Crippen LogP contribution >= 0.6 is 27.5 Å². The van der Waals surface area contributed by atoms with Gasteiger partial charge < -0.3 is 5.32 Å². The normalized spacial score (nSPS) is 10.6. The van der Waals surface area contributed by atoms with E-state index in [0.717, 1.165) is 10.0 Å². The summed E-state index contributed by atoms with van der Waals surface area (Å²) in [6.45, 7) is 1.75. The second kappa shape index (κ2) is 7.89. The summed E-state index contributed by atoms with van der Waals surface area (Å²) in [4.78, 5) is 23.5. The zero-order valence-corrected chi connectivity index (χ0v) is 14.5. The fourth-order valence-electron chi connectivity index (χ4n) is 1.73. The number of halogens is 2. The van der Waals surface area contributed by atoms with Crippen LogP contribution in [0.2, 0.25) is 5.02 Å². The molecule has 118 valence electrons. The second-order valence-electron chi connectivity index (χ2n) is 4.62. The van der Waals surface area contributed by atoms with E-state index in [2.05, 4.69) is 31.8 Å². The van der Waals surface area contributed by atoms with Gasteiger partial charge in [-0.1, -0.05) is 45.7 Å². The lowest BCUT2D eigenvalue weighted by Gasteiger charge is -2.08. The van der Waals surface area contributed by atoms with Crippen molar-refractivity contribution in [2.45, 2.75) is 6.92 Å². The van der Waals surface area contributed by atoms with Crippen molar-refractivity contribution >= 4 is 51.2 Å². The molecule has 0 fully saturated rings. The average molecular weight is 395 g/mol. The Morgan fingerprint density at radius 1 is 1.17 bits per heavy atom. The third-order valence-corrected chi connectivity index (χ3v) is 3.85. The van der Waals surface area contributed by atoms with E-state index in [1.54, 1.807) is 25.1 Å². The van der Waals surface area contributed by atoms with Crippen molar-refractivity contribution in [2.24, 2.45) is 5.10 Å². The van der Waals surface area contributed by atoms with Gasteiger partial charge in [0, 0.05) is 15.2 Å². The minimum Gasteiger partial charge on any atom is -0.317 e. The zero-order chi connectivity index (χ0) is 16.8. The molecule has 0 radical (unpaired) electrons. The number of hydrogen-bond donors (Lipinski definition) is 2. The fourth-order valence-corrected chi connectivity index (χ4v) is 2.32. The fraction of sp³-hybridized carbons (Fsp3) is 0.0625. The number of rotatable bonds is 3. The SMILES string of the molecule is Cc1c(Cl)cccc1NC(=O)C(=O)N/N=C/c1cccc(Br)c1. The number of carbonyl (C=O) groups excluding carboxylic acids is 2. The summed E-state index contributed by atoms with van der Waals surface area (Å²) in [7, 11) is 0. The van der Waals surface area contributed by atoms with Gasteiger partial charge in [-0.3, -0.25) is 9.59 Å². The van der Waals surface area contributed by atoms with Crippen molar-refractivity contribution < 1.29 is 9.59 Å². The molecule has 2 aromatic carbocycles. The van der Waals surface area contributed by atoms with Crippen molar-refractivity contribution in [2.75, 3.05) is 5.32 Å². The van der Waals surface area contributed by atoms with Gasteiger partial charge in [-0.05, 0) is 42.3 Å². The summed E-state index contributed by atoms with van der Waals surface area (Å²) in [5.74, 6) is -1.68. The van der Waals surface area contributed by atoms with Crippen LogP contribution in [-0.4, -0.2) is 18.0 Å². The Hall–Kier alpha value is -2.18. The van der Waals surface area contributed by atoms with Crippen LogP contribution in [0.4, 0.5) is 5.69 Å². The number of anilines is 1. The minimum absolute atomic E-state index is 0.480. The van der Waals surface area contributed by atoms with E-state index in [-0.39, 0.29) is 0 Å². The van der Waals surface area contributed by atoms with E-state index in [1.165, 1.54) is 6.21 Å². The van der Waals surface area contributed by atoms with Gasteiger partial charge in [0.2, 0.25) is 0 Å². The van der Waals surface area contributed by atoms with Gasteiger partial charge in [0.05, 0.1) is 6.21 Å². The van der Waals surface area contributed by atoms with E-state index in [1.807, 2.05) is 24.3 Å². The van der Waals surface area contributed by atoms with E-state index in [9.17, 15) is 9.59 Å². The smallest absolute Gasteiger partial charge is 0.317 e. The van der Waals surface area contributed by atoms with Gasteiger partial charge in [0.25, 0.3) is 0 Å². The Morgan fingerprint density at radius 2 is 1.91 bits per heavy atom. The quantitative estimate of drug-likeness (QED) is 0.475. The average Bonchev–Trinajstić information content (AvgIpc) is 2.51. The summed E-state index contributed by atoms with van der Waals surface area (Å²) in [6.07, 6.45) is 1.45. The summed E-state index contributed by atoms with van der Waals surface area (Å²) >= 11 is 9.29. The highest BCUT2D eigenvalue weighted by atomic mass is 79.9. The van der Waals surface area contributed by atoms with Crippen molar-refractivity contribution in [1.82, 2.24) is 5.43 Å². The van der Waals surface area contributed by atoms with Crippen molar-refractivity contribution in [3.63, 3.8) is 0 Å². The van der Waals surface area contributed by atoms with Crippen LogP contribution in [0.3, 0.4) is 0 Å². The Kier molecular flexibility index (Phi) is 5.90. The van der Waals surface area contributed by atoms with Crippen LogP contribution < -0.4 is 10.7 Å². The maximum absolute atomic E-state index is 11.8. The molecule has 2 N–H and O–H groups in total. The van der Waals surface area contributed by atoms with Crippen LogP contribution in [0.1, 0.15) is 11.1 Å². The van der Waals surface area contributed by atoms with Gasteiger partial charge in [0.1, 0.15) is 0 Å². The maximum Gasteiger partial charge on any atom is 0.329 e. The molecule has 0 aromatic heterocycles. The highest BCUT2D eigenvalue weighted by Crippen LogP contribution is 2.22. The molecule has 0 spiro atoms. The Balaban J connectivity index is 1.95. The molecule has 0 aliphatic rings. The van der Waals surface area contributed by atoms with Crippen LogP contribution in [-0.2, 0) is 9.59 Å². The Labute approximate surface area is 146 Å². The zero-order valence-electron chi connectivity index (χ0n) is 12.1. The summed E-state index contributed by atoms with van der Waals surface area (Å²) in [6, 6.07) is 12.4. The summed E-state index contributed by atoms with van der Waals surface area (Å²) in [5.41, 5.74) is 4.13. The molecule has 0 aliphatic heterocycles. The number of hydrazone groups is 1. The second-order valence-corrected chi connectivity index (χ2v) is 5.94. The topological polar surface area (TPSA) is 70.6 Å². The number of benzene rings is 2. The van der Waals surface area contributed by atoms with Gasteiger partial charge >= 0.3 is 11.8 Å². The largest absolute Gasteiger partial charge is 0.329 e. The predicted octanol–water partition coefficient (Wildman–Crippen LogP) is 3.50. The lowest BCUT2D eigenvalue weighted by molar-refractivity contribution is -0.136. The molecule has 2 rings (SSSR count). The predicted molar refractivity (Wildman–Crippen MR) is 94.7 cm³/mol. The molecule has 7 heteroatoms. The first kappa shape index (κ1) is 17.2. The van der Waals surface area contributed by atoms with Gasteiger partial charge in [-0.2, -0.15) is 5.10 Å². The highest BCUT2D eigenvalue weighted by Gasteiger charge is 2.14. The van der Waals surface area contributed by atoms with Crippen LogP contribution in [0, 0.1) is 6.92 Å². The van der Waals surface area contributed by atoms with E-state index in [0.29, 0.717) is 16.3 Å². The lowest BCUT2D eigenvalue weighted by atomic mass is 10.2. The maximum atomic E-state index is 11.8. The first-order chi connectivity index (χ1) is 11.0. The number of amides is 2. The van der Waals surface area contributed by atoms with Gasteiger partial charge in [0.15, 0.2) is 0 Å². The molecule has 2 amide bonds. The van der Waals surface area contributed by atoms with E-state index in [4.69, 9.17) is 11.6 Å². The van der Waals surface area contributed by atoms with Gasteiger partial charge in [-0.15, -0.1) is 0 Å². The Bertz CT molecular complexity index is 778. The number of nitrogens with zero attached hydrogens (tertiary/aromatic N) is 1. The van der Waals surface area contributed by atoms with Crippen LogP contribution in [0.15, 0.2) is 52.0 Å². The molecule has 0 unspecified atom stereocenters. The third-order valence-electron chi connectivity index (χ3n) is 2.95. The van der Waals surface area contributed by atoms with Crippen molar-refractivity contribution in [1.29, 1.82) is 0 Å². The molecule has 0 saturated carbocycles. The molecule has 5 nitrogen and oxygen atoms in total. The summed E-state index contributed by atoms with van der Waals surface area (Å²) in [5, 5.41) is 6.75. The number of hydrogen-bond acceptors (Lipinski definition) is 3. The van der Waals surface area contributed by atoms with E-state index < -0.39 is 11.8 Å². The standard InChI is InChI=1S/C16H13BrClN3O2/c1-10-13(18)6-3-7-14(10)20-15(22)16(23)21-19-9-11-4-2-5-12(17)8-11/h2-9H,1H3,(H,20,22)(H,21,23)/b19-9+. The molecule has 0 bridgehead atoms. The van der Waals surface area contributed by atoms with Crippen molar-refractivity contribution in [3.8, 4) is 0 Å². The molecule has 0 saturated heterocycles. The molecule has 0 heterocycles. The van der Waals surface area contributed by atoms with E-state index >= 15 is 0 Å². The van der Waals surface area contributed by atoms with Crippen molar-refractivity contribution in [3.05, 3.63) is 63.1 Å². The first-order valence-electron chi connectivity index (χ1n) is 6.62. The van der Waals surface area contributed by atoms with Gasteiger partial charge in [-0.25, -0.2) is 5.43 Å². The molecule has 23 heavy (non-hydrogen) atoms. The molecule has 0 aliphatic carbocycles. The number of nitrogens with one attached hydrogen (secondary N) is 2. The molecule has 0 atom stereocenters. The lowest BCUT2D eigenvalue weighted by Crippen LogP contribution is -2.32. The Morgan fingerprint density at radius 3 is 2.65 bits per heavy atom. The molecule has 2 aromatic rings. The first-order valence-corrected chi connectivity index (χ1v) is 7.79. The van der Waals surface area contributed by atoms with Crippen LogP contribution in [0.5, 0.6) is 0 Å². The molecular weight excluding hydrogens is 382 g/mol. The molecular formula is C16H13BrClN3O2. The number of carbonyl (C=O) groups is 2. The van der Waals surface area contributed by atoms with Crippen LogP contribution in [0.25, 0.3) is 0 Å². The minimum atomic E-state index is -0.865. The highest BCUT2D eigenvalue weighted by molar-refractivity contribution is 9.10. The monoisotopic (exact) mass is 393 g/mol.